The molecule has 10 heteroatoms. The minimum absolute atomic E-state index is 0.0499. The minimum atomic E-state index is -4.53. The van der Waals surface area contributed by atoms with Gasteiger partial charge in [-0.05, 0) is 51.4 Å². The van der Waals surface area contributed by atoms with Gasteiger partial charge >= 0.3 is 13.8 Å². The number of hydrogen-bond donors (Lipinski definition) is 3. The van der Waals surface area contributed by atoms with Crippen molar-refractivity contribution in [2.45, 2.75) is 283 Å². The first-order valence-corrected chi connectivity index (χ1v) is 29.5. The number of aliphatic hydroxyl groups excluding tert-OH is 2. The summed E-state index contributed by atoms with van der Waals surface area (Å²) in [6.45, 7) is 3.56. The van der Waals surface area contributed by atoms with Gasteiger partial charge in [-0.2, -0.15) is 0 Å². The predicted molar refractivity (Wildman–Crippen MR) is 279 cm³/mol. The van der Waals surface area contributed by atoms with Crippen molar-refractivity contribution in [1.82, 2.24) is 0 Å². The SMILES string of the molecule is CCCCCCC/C=C\C/C=C\C/C=C\CCCCCCCCCCC(=O)OC(COCCCCCCCCCCCCCCCCCCCCCCCC)COP(=O)(O)OCC(O)CO. The summed E-state index contributed by atoms with van der Waals surface area (Å²) in [4.78, 5) is 22.7. The highest BCUT2D eigenvalue weighted by Crippen LogP contribution is 2.43. The van der Waals surface area contributed by atoms with Gasteiger partial charge in [-0.15, -0.1) is 0 Å². The quantitative estimate of drug-likeness (QED) is 0.0236. The monoisotopic (exact) mass is 955 g/mol. The highest BCUT2D eigenvalue weighted by molar-refractivity contribution is 7.47. The van der Waals surface area contributed by atoms with E-state index in [-0.39, 0.29) is 25.6 Å². The van der Waals surface area contributed by atoms with Crippen LogP contribution in [-0.4, -0.2) is 66.3 Å². The van der Waals surface area contributed by atoms with Crippen molar-refractivity contribution in [2.75, 3.05) is 33.0 Å². The highest BCUT2D eigenvalue weighted by atomic mass is 31.2. The molecule has 3 unspecified atom stereocenters. The number of phosphoric acid groups is 1. The number of esters is 1. The lowest BCUT2D eigenvalue weighted by Gasteiger charge is -2.20. The maximum Gasteiger partial charge on any atom is 0.472 e. The van der Waals surface area contributed by atoms with Gasteiger partial charge in [0.2, 0.25) is 0 Å². The van der Waals surface area contributed by atoms with Crippen molar-refractivity contribution in [3.05, 3.63) is 36.5 Å². The van der Waals surface area contributed by atoms with Crippen LogP contribution < -0.4 is 0 Å². The summed E-state index contributed by atoms with van der Waals surface area (Å²) in [5.41, 5.74) is 0. The Labute approximate surface area is 407 Å². The summed E-state index contributed by atoms with van der Waals surface area (Å²) in [7, 11) is -4.53. The van der Waals surface area contributed by atoms with Gasteiger partial charge < -0.3 is 24.6 Å². The Kier molecular flexibility index (Phi) is 52.0. The molecule has 0 spiro atoms. The predicted octanol–water partition coefficient (Wildman–Crippen LogP) is 16.7. The Morgan fingerprint density at radius 2 is 0.818 bits per heavy atom. The van der Waals surface area contributed by atoms with Crippen LogP contribution in [-0.2, 0) is 27.9 Å². The summed E-state index contributed by atoms with van der Waals surface area (Å²) < 4.78 is 33.6. The smallest absolute Gasteiger partial charge is 0.457 e. The van der Waals surface area contributed by atoms with E-state index in [1.807, 2.05) is 0 Å². The lowest BCUT2D eigenvalue weighted by Crippen LogP contribution is -2.29. The fourth-order valence-corrected chi connectivity index (χ4v) is 8.86. The van der Waals surface area contributed by atoms with E-state index in [0.717, 1.165) is 57.8 Å². The van der Waals surface area contributed by atoms with Gasteiger partial charge in [0.05, 0.1) is 26.4 Å². The van der Waals surface area contributed by atoms with Crippen molar-refractivity contribution in [3.63, 3.8) is 0 Å². The molecule has 0 radical (unpaired) electrons. The third kappa shape index (κ3) is 52.1. The number of hydrogen-bond acceptors (Lipinski definition) is 8. The van der Waals surface area contributed by atoms with Crippen LogP contribution >= 0.6 is 7.82 Å². The first-order valence-electron chi connectivity index (χ1n) is 28.0. The number of allylic oxidation sites excluding steroid dienone is 6. The van der Waals surface area contributed by atoms with Crippen LogP contribution in [0.3, 0.4) is 0 Å². The molecule has 0 aliphatic rings. The standard InChI is InChI=1S/C56H107O9P/c1-3-5-7-9-11-13-15-17-19-21-23-25-27-28-30-32-34-36-38-40-42-44-46-48-56(59)65-55(53-64-66(60,61)63-51-54(58)50-57)52-62-49-47-45-43-41-39-37-35-33-31-29-26-24-22-20-18-16-14-12-10-8-6-4-2/h15,17,21,23,27-28,54-55,57-58H,3-14,16,18-20,22,24-26,29-53H2,1-2H3,(H,60,61)/b17-15-,23-21-,28-27-. The summed E-state index contributed by atoms with van der Waals surface area (Å²) in [5.74, 6) is -0.384. The summed E-state index contributed by atoms with van der Waals surface area (Å²) in [6, 6.07) is 0. The van der Waals surface area contributed by atoms with Crippen molar-refractivity contribution in [1.29, 1.82) is 0 Å². The number of carbonyl (C=O) groups is 1. The van der Waals surface area contributed by atoms with Crippen LogP contribution in [0, 0.1) is 0 Å². The summed E-state index contributed by atoms with van der Waals surface area (Å²) in [5, 5.41) is 18.5. The number of ether oxygens (including phenoxy) is 2. The van der Waals surface area contributed by atoms with E-state index in [4.69, 9.17) is 23.6 Å². The van der Waals surface area contributed by atoms with E-state index < -0.39 is 33.2 Å². The zero-order valence-electron chi connectivity index (χ0n) is 43.2. The maximum absolute atomic E-state index is 12.7. The molecular weight excluding hydrogens is 848 g/mol. The van der Waals surface area contributed by atoms with Gasteiger partial charge in [-0.25, -0.2) is 4.57 Å². The lowest BCUT2D eigenvalue weighted by atomic mass is 10.0. The van der Waals surface area contributed by atoms with E-state index in [1.165, 1.54) is 193 Å². The van der Waals surface area contributed by atoms with Crippen LogP contribution in [0.25, 0.3) is 0 Å². The Bertz CT molecular complexity index is 1130. The molecule has 3 atom stereocenters. The molecule has 0 amide bonds. The second kappa shape index (κ2) is 53.0. The molecule has 0 heterocycles. The van der Waals surface area contributed by atoms with Gasteiger partial charge in [0.15, 0.2) is 0 Å². The first kappa shape index (κ1) is 64.7. The van der Waals surface area contributed by atoms with E-state index in [1.54, 1.807) is 0 Å². The summed E-state index contributed by atoms with van der Waals surface area (Å²) in [6.07, 6.45) is 61.2. The average molecular weight is 955 g/mol. The molecule has 0 aliphatic carbocycles. The molecule has 66 heavy (non-hydrogen) atoms. The average Bonchev–Trinajstić information content (AvgIpc) is 3.31. The number of unbranched alkanes of at least 4 members (excludes halogenated alkanes) is 34. The summed E-state index contributed by atoms with van der Waals surface area (Å²) >= 11 is 0. The zero-order valence-corrected chi connectivity index (χ0v) is 44.1. The molecule has 0 bridgehead atoms. The third-order valence-electron chi connectivity index (χ3n) is 12.3. The van der Waals surface area contributed by atoms with Gasteiger partial charge in [-0.3, -0.25) is 13.8 Å². The first-order chi connectivity index (χ1) is 32.3. The number of rotatable bonds is 54. The Morgan fingerprint density at radius 3 is 1.23 bits per heavy atom. The van der Waals surface area contributed by atoms with Gasteiger partial charge in [0.1, 0.15) is 12.2 Å². The molecule has 0 fully saturated rings. The molecular formula is C56H107O9P. The van der Waals surface area contributed by atoms with Crippen molar-refractivity contribution in [3.8, 4) is 0 Å². The Hall–Kier alpha value is -1.32. The highest BCUT2D eigenvalue weighted by Gasteiger charge is 2.26. The number of carbonyl (C=O) groups excluding carboxylic acids is 1. The Balaban J connectivity index is 4.03. The molecule has 0 aromatic heterocycles. The van der Waals surface area contributed by atoms with E-state index in [0.29, 0.717) is 6.61 Å². The fraction of sp³-hybridized carbons (Fsp3) is 0.875. The normalized spacial score (nSPS) is 14.0. The molecule has 9 nitrogen and oxygen atoms in total. The Morgan fingerprint density at radius 1 is 0.470 bits per heavy atom. The molecule has 0 saturated carbocycles. The number of aliphatic hydroxyl groups is 2. The van der Waals surface area contributed by atoms with Crippen LogP contribution in [0.5, 0.6) is 0 Å². The van der Waals surface area contributed by atoms with Gasteiger partial charge in [-0.1, -0.05) is 249 Å². The van der Waals surface area contributed by atoms with E-state index in [2.05, 4.69) is 50.3 Å². The topological polar surface area (TPSA) is 132 Å². The maximum atomic E-state index is 12.7. The molecule has 3 N–H and O–H groups in total. The molecule has 0 saturated heterocycles. The van der Waals surface area contributed by atoms with Crippen LogP contribution in [0.15, 0.2) is 36.5 Å². The van der Waals surface area contributed by atoms with Crippen molar-refractivity contribution < 1.29 is 43.0 Å². The van der Waals surface area contributed by atoms with Crippen LogP contribution in [0.4, 0.5) is 0 Å². The van der Waals surface area contributed by atoms with E-state index in [9.17, 15) is 19.4 Å². The largest absolute Gasteiger partial charge is 0.472 e. The van der Waals surface area contributed by atoms with Crippen LogP contribution in [0.1, 0.15) is 271 Å². The molecule has 0 aliphatic heterocycles. The van der Waals surface area contributed by atoms with E-state index >= 15 is 0 Å². The van der Waals surface area contributed by atoms with Crippen molar-refractivity contribution in [2.24, 2.45) is 0 Å². The molecule has 0 rings (SSSR count). The second-order valence-corrected chi connectivity index (χ2v) is 20.4. The van der Waals surface area contributed by atoms with Gasteiger partial charge in [0.25, 0.3) is 0 Å². The molecule has 0 aromatic carbocycles. The molecule has 0 aromatic rings. The van der Waals surface area contributed by atoms with Crippen LogP contribution in [0.2, 0.25) is 0 Å². The lowest BCUT2D eigenvalue weighted by molar-refractivity contribution is -0.154. The van der Waals surface area contributed by atoms with Crippen molar-refractivity contribution >= 4 is 13.8 Å². The zero-order chi connectivity index (χ0) is 48.1. The second-order valence-electron chi connectivity index (χ2n) is 19.0. The third-order valence-corrected chi connectivity index (χ3v) is 13.3. The fourth-order valence-electron chi connectivity index (χ4n) is 8.07. The minimum Gasteiger partial charge on any atom is -0.457 e. The molecule has 390 valence electrons. The number of phosphoric ester groups is 1. The van der Waals surface area contributed by atoms with Gasteiger partial charge in [0, 0.05) is 13.0 Å².